The summed E-state index contributed by atoms with van der Waals surface area (Å²) in [6.07, 6.45) is 15.5. The molecule has 0 atom stereocenters. The molecule has 0 aromatic carbocycles. The molecule has 0 saturated heterocycles. The molecule has 0 aliphatic heterocycles. The predicted octanol–water partition coefficient (Wildman–Crippen LogP) is 5.24. The van der Waals surface area contributed by atoms with E-state index < -0.39 is 0 Å². The van der Waals surface area contributed by atoms with Gasteiger partial charge in [-0.15, -0.1) is 0 Å². The van der Waals surface area contributed by atoms with Crippen molar-refractivity contribution in [1.29, 1.82) is 0 Å². The van der Waals surface area contributed by atoms with Gasteiger partial charge in [0, 0.05) is 18.4 Å². The van der Waals surface area contributed by atoms with Gasteiger partial charge >= 0.3 is 0 Å². The van der Waals surface area contributed by atoms with Crippen molar-refractivity contribution in [3.63, 3.8) is 0 Å². The summed E-state index contributed by atoms with van der Waals surface area (Å²) in [6, 6.07) is 0. The van der Waals surface area contributed by atoms with Crippen molar-refractivity contribution in [2.24, 2.45) is 17.1 Å². The summed E-state index contributed by atoms with van der Waals surface area (Å²) in [6.45, 7) is 5.12. The first-order valence-corrected chi connectivity index (χ1v) is 9.38. The number of ketones is 1. The number of unbranched alkanes of at least 4 members (excludes halogenated alkanes) is 7. The summed E-state index contributed by atoms with van der Waals surface area (Å²) in [7, 11) is 0. The highest BCUT2D eigenvalue weighted by molar-refractivity contribution is 5.85. The van der Waals surface area contributed by atoms with E-state index in [0.29, 0.717) is 12.3 Å². The third-order valence-corrected chi connectivity index (χ3v) is 5.47. The number of Topliss-reactive ketones (excluding diaryl/α,β-unsaturated/α-hetero) is 1. The van der Waals surface area contributed by atoms with E-state index in [1.165, 1.54) is 57.8 Å². The lowest BCUT2D eigenvalue weighted by Crippen LogP contribution is -2.41. The normalized spacial score (nSPS) is 26.0. The first-order valence-electron chi connectivity index (χ1n) is 9.38. The molecule has 2 heteroatoms. The molecule has 2 nitrogen and oxygen atoms in total. The Hall–Kier alpha value is -0.370. The van der Waals surface area contributed by atoms with Gasteiger partial charge in [0.05, 0.1) is 0 Å². The van der Waals surface area contributed by atoms with Crippen LogP contribution in [0.3, 0.4) is 0 Å². The first-order chi connectivity index (χ1) is 10.1. The zero-order valence-electron chi connectivity index (χ0n) is 14.5. The molecule has 0 aromatic rings. The van der Waals surface area contributed by atoms with Crippen molar-refractivity contribution in [2.75, 3.05) is 6.54 Å². The fourth-order valence-electron chi connectivity index (χ4n) is 3.60. The van der Waals surface area contributed by atoms with Gasteiger partial charge in [0.1, 0.15) is 5.78 Å². The highest BCUT2D eigenvalue weighted by Crippen LogP contribution is 2.39. The van der Waals surface area contributed by atoms with E-state index in [2.05, 4.69) is 13.8 Å². The predicted molar refractivity (Wildman–Crippen MR) is 91.4 cm³/mol. The van der Waals surface area contributed by atoms with Crippen molar-refractivity contribution in [3.8, 4) is 0 Å². The van der Waals surface area contributed by atoms with Crippen molar-refractivity contribution in [2.45, 2.75) is 97.3 Å². The Bertz CT molecular complexity index is 279. The number of carbonyl (C=O) groups is 1. The van der Waals surface area contributed by atoms with E-state index in [1.54, 1.807) is 0 Å². The molecule has 124 valence electrons. The van der Waals surface area contributed by atoms with Crippen LogP contribution in [-0.2, 0) is 4.79 Å². The maximum Gasteiger partial charge on any atom is 0.140 e. The molecular formula is C19H37NO. The Morgan fingerprint density at radius 1 is 1.00 bits per heavy atom. The van der Waals surface area contributed by atoms with E-state index in [1.807, 2.05) is 0 Å². The topological polar surface area (TPSA) is 43.1 Å². The van der Waals surface area contributed by atoms with Crippen LogP contribution < -0.4 is 5.73 Å². The van der Waals surface area contributed by atoms with Gasteiger partial charge < -0.3 is 5.73 Å². The largest absolute Gasteiger partial charge is 0.329 e. The fraction of sp³-hybridized carbons (Fsp3) is 0.947. The van der Waals surface area contributed by atoms with Crippen molar-refractivity contribution >= 4 is 5.78 Å². The molecule has 2 N–H and O–H groups in total. The molecule has 0 bridgehead atoms. The summed E-state index contributed by atoms with van der Waals surface area (Å²) in [5.74, 6) is 1.24. The zero-order valence-corrected chi connectivity index (χ0v) is 14.5. The van der Waals surface area contributed by atoms with Gasteiger partial charge in [-0.1, -0.05) is 58.8 Å². The Morgan fingerprint density at radius 3 is 2.05 bits per heavy atom. The molecule has 1 saturated carbocycles. The Kier molecular flexibility index (Phi) is 9.23. The standard InChI is InChI=1S/C19H37NO/c1-3-4-5-6-7-8-9-10-11-18(21)19(16-20)14-12-17(2)13-15-19/h17H,3-16,20H2,1-2H3. The van der Waals surface area contributed by atoms with Crippen LogP contribution in [0, 0.1) is 11.3 Å². The number of rotatable bonds is 11. The van der Waals surface area contributed by atoms with Crippen LogP contribution in [0.5, 0.6) is 0 Å². The molecule has 0 aromatic heterocycles. The summed E-state index contributed by atoms with van der Waals surface area (Å²) in [5, 5.41) is 0. The maximum absolute atomic E-state index is 12.6. The summed E-state index contributed by atoms with van der Waals surface area (Å²) in [4.78, 5) is 12.6. The second kappa shape index (κ2) is 10.4. The van der Waals surface area contributed by atoms with Crippen molar-refractivity contribution in [1.82, 2.24) is 0 Å². The van der Waals surface area contributed by atoms with Gasteiger partial charge in [0.2, 0.25) is 0 Å². The van der Waals surface area contributed by atoms with Crippen LogP contribution in [0.4, 0.5) is 0 Å². The third-order valence-electron chi connectivity index (χ3n) is 5.47. The van der Waals surface area contributed by atoms with Gasteiger partial charge in [-0.2, -0.15) is 0 Å². The molecule has 1 aliphatic carbocycles. The van der Waals surface area contributed by atoms with Crippen molar-refractivity contribution in [3.05, 3.63) is 0 Å². The summed E-state index contributed by atoms with van der Waals surface area (Å²) < 4.78 is 0. The first kappa shape index (κ1) is 18.7. The number of hydrogen-bond acceptors (Lipinski definition) is 2. The van der Waals surface area contributed by atoms with E-state index >= 15 is 0 Å². The second-order valence-corrected chi connectivity index (χ2v) is 7.32. The van der Waals surface area contributed by atoms with Gasteiger partial charge in [-0.25, -0.2) is 0 Å². The lowest BCUT2D eigenvalue weighted by Gasteiger charge is -2.37. The van der Waals surface area contributed by atoms with Crippen LogP contribution in [0.1, 0.15) is 97.3 Å². The third kappa shape index (κ3) is 6.50. The lowest BCUT2D eigenvalue weighted by atomic mass is 9.67. The van der Waals surface area contributed by atoms with E-state index in [9.17, 15) is 4.79 Å². The van der Waals surface area contributed by atoms with Crippen molar-refractivity contribution < 1.29 is 4.79 Å². The van der Waals surface area contributed by atoms with E-state index in [-0.39, 0.29) is 5.41 Å². The minimum absolute atomic E-state index is 0.159. The highest BCUT2D eigenvalue weighted by Gasteiger charge is 2.38. The Balaban J connectivity index is 2.14. The number of carbonyl (C=O) groups excluding carboxylic acids is 1. The Morgan fingerprint density at radius 2 is 1.52 bits per heavy atom. The molecule has 1 rings (SSSR count). The molecule has 0 unspecified atom stereocenters. The number of nitrogens with two attached hydrogens (primary N) is 1. The van der Waals surface area contributed by atoms with Crippen LogP contribution in [0.2, 0.25) is 0 Å². The minimum atomic E-state index is -0.159. The van der Waals surface area contributed by atoms with Gasteiger partial charge in [0.15, 0.2) is 0 Å². The average Bonchev–Trinajstić information content (AvgIpc) is 2.51. The SMILES string of the molecule is CCCCCCCCCCC(=O)C1(CN)CCC(C)CC1. The minimum Gasteiger partial charge on any atom is -0.329 e. The van der Waals surface area contributed by atoms with Gasteiger partial charge in [-0.05, 0) is 38.0 Å². The molecule has 0 amide bonds. The number of hydrogen-bond donors (Lipinski definition) is 1. The Labute approximate surface area is 132 Å². The molecule has 0 heterocycles. The molecular weight excluding hydrogens is 258 g/mol. The van der Waals surface area contributed by atoms with E-state index in [4.69, 9.17) is 5.73 Å². The fourth-order valence-corrected chi connectivity index (χ4v) is 3.60. The zero-order chi connectivity index (χ0) is 15.6. The molecule has 1 fully saturated rings. The summed E-state index contributed by atoms with van der Waals surface area (Å²) in [5.41, 5.74) is 5.80. The second-order valence-electron chi connectivity index (χ2n) is 7.32. The van der Waals surface area contributed by atoms with Crippen LogP contribution in [0.25, 0.3) is 0 Å². The van der Waals surface area contributed by atoms with Crippen LogP contribution in [-0.4, -0.2) is 12.3 Å². The molecule has 21 heavy (non-hydrogen) atoms. The molecule has 0 radical (unpaired) electrons. The monoisotopic (exact) mass is 295 g/mol. The van der Waals surface area contributed by atoms with E-state index in [0.717, 1.165) is 31.6 Å². The molecule has 1 aliphatic rings. The smallest absolute Gasteiger partial charge is 0.140 e. The van der Waals surface area contributed by atoms with Gasteiger partial charge in [0.25, 0.3) is 0 Å². The molecule has 0 spiro atoms. The summed E-state index contributed by atoms with van der Waals surface area (Å²) >= 11 is 0. The average molecular weight is 296 g/mol. The van der Waals surface area contributed by atoms with Crippen LogP contribution in [0.15, 0.2) is 0 Å². The highest BCUT2D eigenvalue weighted by atomic mass is 16.1. The van der Waals surface area contributed by atoms with Crippen LogP contribution >= 0.6 is 0 Å². The maximum atomic E-state index is 12.6. The van der Waals surface area contributed by atoms with Gasteiger partial charge in [-0.3, -0.25) is 4.79 Å². The quantitative estimate of drug-likeness (QED) is 0.530. The lowest BCUT2D eigenvalue weighted by molar-refractivity contribution is -0.130.